The Morgan fingerprint density at radius 3 is 1.72 bits per heavy atom. The number of hydrogen-bond acceptors (Lipinski definition) is 21. The third-order valence-corrected chi connectivity index (χ3v) is 8.99. The highest BCUT2D eigenvalue weighted by molar-refractivity contribution is 7.94. The molecule has 0 aliphatic rings. The van der Waals surface area contributed by atoms with E-state index in [1.54, 1.807) is 78.9 Å². The molecule has 58 heavy (non-hydrogen) atoms. The third kappa shape index (κ3) is 11.0. The van der Waals surface area contributed by atoms with Crippen LogP contribution >= 0.6 is 24.1 Å². The zero-order valence-electron chi connectivity index (χ0n) is 31.1. The number of phenols is 1. The molecule has 0 radical (unpaired) electrons. The van der Waals surface area contributed by atoms with Crippen LogP contribution in [0.3, 0.4) is 0 Å². The van der Waals surface area contributed by atoms with E-state index < -0.39 is 0 Å². The van der Waals surface area contributed by atoms with Gasteiger partial charge in [0.05, 0.1) is 70.6 Å². The Morgan fingerprint density at radius 2 is 1.16 bits per heavy atom. The number of benzene rings is 5. The second-order valence-corrected chi connectivity index (χ2v) is 13.2. The van der Waals surface area contributed by atoms with Crippen molar-refractivity contribution in [1.29, 1.82) is 0 Å². The van der Waals surface area contributed by atoms with E-state index in [0.717, 1.165) is 23.2 Å². The molecule has 0 aliphatic carbocycles. The number of azo groups is 3. The van der Waals surface area contributed by atoms with Crippen molar-refractivity contribution < 1.29 is 43.8 Å². The fourth-order valence-electron chi connectivity index (χ4n) is 5.09. The van der Waals surface area contributed by atoms with Crippen LogP contribution in [-0.2, 0) is 18.7 Å². The van der Waals surface area contributed by atoms with Gasteiger partial charge in [0.1, 0.15) is 5.69 Å². The zero-order valence-corrected chi connectivity index (χ0v) is 32.8. The molecule has 1 aromatic heterocycles. The van der Waals surface area contributed by atoms with Crippen molar-refractivity contribution in [2.45, 2.75) is 37.5 Å². The Morgan fingerprint density at radius 1 is 0.621 bits per heavy atom. The number of aryl methyl sites for hydroxylation is 2. The molecule has 1 heterocycles. The molecule has 0 spiro atoms. The summed E-state index contributed by atoms with van der Waals surface area (Å²) < 4.78 is 20.0. The molecule has 0 saturated heterocycles. The number of phenolic OH excluding ortho intramolecular Hbond substituents is 1. The summed E-state index contributed by atoms with van der Waals surface area (Å²) in [4.78, 5) is 13.7. The van der Waals surface area contributed by atoms with E-state index in [4.69, 9.17) is 24.3 Å². The molecule has 0 fully saturated rings. The Bertz CT molecular complexity index is 2420. The van der Waals surface area contributed by atoms with Crippen LogP contribution in [0.5, 0.6) is 17.8 Å². The summed E-state index contributed by atoms with van der Waals surface area (Å²) in [7, 11) is 0. The number of nitrogens with one attached hydrogen (secondary N) is 1. The first-order valence-electron chi connectivity index (χ1n) is 17.2. The number of anilines is 2. The van der Waals surface area contributed by atoms with Crippen LogP contribution in [0.4, 0.5) is 45.8 Å². The number of aromatic nitrogens is 3. The lowest BCUT2D eigenvalue weighted by atomic mass is 10.1. The second-order valence-electron chi connectivity index (χ2n) is 11.7. The maximum atomic E-state index is 11.4. The second kappa shape index (κ2) is 20.3. The summed E-state index contributed by atoms with van der Waals surface area (Å²) in [6.45, 7) is 8.06. The lowest BCUT2D eigenvalue weighted by Crippen LogP contribution is -2.06. The molecule has 0 aliphatic heterocycles. The lowest BCUT2D eigenvalue weighted by molar-refractivity contribution is -0.432. The van der Waals surface area contributed by atoms with Crippen LogP contribution in [0.1, 0.15) is 25.0 Å². The summed E-state index contributed by atoms with van der Waals surface area (Å²) in [5.74, 6) is 0.00815. The lowest BCUT2D eigenvalue weighted by Gasteiger charge is -2.12. The molecule has 21 heteroatoms. The van der Waals surface area contributed by atoms with Gasteiger partial charge in [-0.25, -0.2) is 10.5 Å². The van der Waals surface area contributed by atoms with Crippen molar-refractivity contribution in [3.05, 3.63) is 96.1 Å². The zero-order chi connectivity index (χ0) is 40.9. The molecular weight excluding hydrogens is 793 g/mol. The highest BCUT2D eigenvalue weighted by Crippen LogP contribution is 2.45. The standard InChI is InChI=1S/C37H34N10O9S2/c1-5-51-36-39-35(40-37(41-36)52-6-2)38-27-13-16-29-23(19-27)20-32(58-56-54-50)33(34(29)48)47-46-31-18-21(3)30(17-22(31)4)45-44-25-9-7-24(8-10-25)42-43-26-11-14-28(15-12-26)57-55-53-49/h7-20,48-50H,5-6H2,1-4H3,(H,38,39,40,41). The minimum atomic E-state index is -0.184. The maximum absolute atomic E-state index is 11.4. The van der Waals surface area contributed by atoms with Crippen LogP contribution in [0.15, 0.2) is 125 Å². The molecule has 0 atom stereocenters. The van der Waals surface area contributed by atoms with E-state index in [2.05, 4.69) is 65.4 Å². The van der Waals surface area contributed by atoms with Crippen molar-refractivity contribution in [2.75, 3.05) is 18.5 Å². The van der Waals surface area contributed by atoms with Gasteiger partial charge in [-0.3, -0.25) is 0 Å². The third-order valence-electron chi connectivity index (χ3n) is 7.78. The highest BCUT2D eigenvalue weighted by Gasteiger charge is 2.17. The first kappa shape index (κ1) is 41.5. The first-order valence-corrected chi connectivity index (χ1v) is 18.7. The van der Waals surface area contributed by atoms with Crippen LogP contribution in [0.2, 0.25) is 0 Å². The molecule has 0 saturated carbocycles. The monoisotopic (exact) mass is 826 g/mol. The fourth-order valence-corrected chi connectivity index (χ4v) is 5.94. The Balaban J connectivity index is 1.17. The largest absolute Gasteiger partial charge is 0.505 e. The number of fused-ring (bicyclic) bond motifs is 1. The topological polar surface area (TPSA) is 241 Å². The van der Waals surface area contributed by atoms with E-state index in [-0.39, 0.29) is 29.4 Å². The summed E-state index contributed by atoms with van der Waals surface area (Å²) >= 11 is 1.48. The predicted octanol–water partition coefficient (Wildman–Crippen LogP) is 12.0. The van der Waals surface area contributed by atoms with Gasteiger partial charge in [-0.1, -0.05) is 10.1 Å². The first-order chi connectivity index (χ1) is 28.3. The maximum Gasteiger partial charge on any atom is 0.324 e. The van der Waals surface area contributed by atoms with Crippen molar-refractivity contribution in [1.82, 2.24) is 15.0 Å². The molecule has 4 N–H and O–H groups in total. The van der Waals surface area contributed by atoms with Crippen LogP contribution in [-0.4, -0.2) is 43.8 Å². The summed E-state index contributed by atoms with van der Waals surface area (Å²) in [5, 5.41) is 66.3. The molecule has 6 rings (SSSR count). The van der Waals surface area contributed by atoms with E-state index in [9.17, 15) is 5.11 Å². The molecule has 0 bridgehead atoms. The van der Waals surface area contributed by atoms with Crippen molar-refractivity contribution in [3.63, 3.8) is 0 Å². The van der Waals surface area contributed by atoms with Gasteiger partial charge in [0, 0.05) is 16.0 Å². The van der Waals surface area contributed by atoms with Crippen molar-refractivity contribution in [2.24, 2.45) is 30.7 Å². The van der Waals surface area contributed by atoms with Gasteiger partial charge < -0.3 is 19.9 Å². The highest BCUT2D eigenvalue weighted by atomic mass is 32.2. The molecular formula is C37H34N10O9S2. The normalized spacial score (nSPS) is 11.7. The van der Waals surface area contributed by atoms with Gasteiger partial charge in [-0.2, -0.15) is 35.5 Å². The van der Waals surface area contributed by atoms with Crippen molar-refractivity contribution in [3.8, 4) is 17.8 Å². The van der Waals surface area contributed by atoms with Gasteiger partial charge in [-0.15, -0.1) is 18.8 Å². The summed E-state index contributed by atoms with van der Waals surface area (Å²) in [6.07, 6.45) is 0. The number of ether oxygens (including phenoxy) is 2. The van der Waals surface area contributed by atoms with Crippen LogP contribution in [0, 0.1) is 13.8 Å². The van der Waals surface area contributed by atoms with E-state index >= 15 is 0 Å². The summed E-state index contributed by atoms with van der Waals surface area (Å²) in [6, 6.07) is 24.8. The Kier molecular flexibility index (Phi) is 14.5. The molecule has 6 aromatic rings. The minimum Gasteiger partial charge on any atom is -0.505 e. The summed E-state index contributed by atoms with van der Waals surface area (Å²) in [5.41, 5.74) is 5.20. The predicted molar refractivity (Wildman–Crippen MR) is 214 cm³/mol. The Labute approximate surface area is 339 Å². The van der Waals surface area contributed by atoms with Gasteiger partial charge in [-0.05, 0) is 129 Å². The van der Waals surface area contributed by atoms with Crippen LogP contribution < -0.4 is 14.8 Å². The van der Waals surface area contributed by atoms with Gasteiger partial charge >= 0.3 is 12.0 Å². The number of nitrogens with zero attached hydrogens (tertiary/aromatic N) is 9. The van der Waals surface area contributed by atoms with Gasteiger partial charge in [0.25, 0.3) is 0 Å². The fraction of sp³-hybridized carbons (Fsp3) is 0.162. The Hall–Kier alpha value is -6.17. The number of hydrogen-bond donors (Lipinski definition) is 4. The average molecular weight is 827 g/mol. The molecule has 298 valence electrons. The SMILES string of the molecule is CCOc1nc(Nc2ccc3c(O)c(N=Nc4cc(C)c(N=Nc5ccc(N=Nc6ccc(SOOO)cc6)cc5)cc4C)c(SOOO)cc3c2)nc(OCC)n1. The quantitative estimate of drug-likeness (QED) is 0.0272. The van der Waals surface area contributed by atoms with Crippen LogP contribution in [0.25, 0.3) is 10.8 Å². The number of rotatable bonds is 18. The van der Waals surface area contributed by atoms with Crippen molar-refractivity contribution >= 4 is 80.6 Å². The smallest absolute Gasteiger partial charge is 0.324 e. The molecule has 19 nitrogen and oxygen atoms in total. The molecule has 5 aromatic carbocycles. The van der Waals surface area contributed by atoms with E-state index in [1.165, 1.54) is 0 Å². The van der Waals surface area contributed by atoms with Gasteiger partial charge in [0.2, 0.25) is 5.95 Å². The number of aromatic hydroxyl groups is 1. The van der Waals surface area contributed by atoms with Gasteiger partial charge in [0.15, 0.2) is 5.75 Å². The molecule has 0 unspecified atom stereocenters. The minimum absolute atomic E-state index is 0.0797. The van der Waals surface area contributed by atoms with E-state index in [0.29, 0.717) is 79.9 Å². The molecule has 0 amide bonds. The average Bonchev–Trinajstić information content (AvgIpc) is 3.22. The van der Waals surface area contributed by atoms with E-state index in [1.807, 2.05) is 33.8 Å².